The highest BCUT2D eigenvalue weighted by Crippen LogP contribution is 2.30. The molecule has 0 bridgehead atoms. The Kier molecular flexibility index (Phi) is 6.26. The number of likely N-dealkylation sites (tertiary alicyclic amines) is 1. The summed E-state index contributed by atoms with van der Waals surface area (Å²) < 4.78 is 5.42. The molecule has 0 aromatic heterocycles. The molecular weight excluding hydrogens is 357 g/mol. The molecule has 2 fully saturated rings. The van der Waals surface area contributed by atoms with E-state index in [1.54, 1.807) is 0 Å². The molecule has 0 saturated carbocycles. The molecule has 2 aliphatic rings. The summed E-state index contributed by atoms with van der Waals surface area (Å²) in [5.74, 6) is 1.28. The van der Waals surface area contributed by atoms with E-state index in [9.17, 15) is 14.9 Å². The largest absolute Gasteiger partial charge is 0.486 e. The van der Waals surface area contributed by atoms with Crippen LogP contribution in [-0.4, -0.2) is 48.5 Å². The predicted octanol–water partition coefficient (Wildman–Crippen LogP) is 2.12. The van der Waals surface area contributed by atoms with Gasteiger partial charge in [0.25, 0.3) is 0 Å². The molecule has 3 rings (SSSR count). The number of nitrogens with zero attached hydrogens (tertiary/aromatic N) is 2. The molecule has 1 aromatic carbocycles. The first-order chi connectivity index (χ1) is 11.0. The Balaban J connectivity index is 0.00000208. The van der Waals surface area contributed by atoms with Crippen LogP contribution in [0.2, 0.25) is 5.02 Å². The van der Waals surface area contributed by atoms with Gasteiger partial charge in [0, 0.05) is 37.3 Å². The van der Waals surface area contributed by atoms with Crippen LogP contribution in [0.1, 0.15) is 6.42 Å². The molecule has 2 aliphatic heterocycles. The van der Waals surface area contributed by atoms with Crippen LogP contribution in [-0.2, 0) is 4.79 Å². The number of amides is 1. The molecule has 2 heterocycles. The highest BCUT2D eigenvalue weighted by Gasteiger charge is 2.37. The van der Waals surface area contributed by atoms with Gasteiger partial charge in [-0.15, -0.1) is 12.4 Å². The number of benzene rings is 1. The van der Waals surface area contributed by atoms with Gasteiger partial charge in [0.05, 0.1) is 18.0 Å². The van der Waals surface area contributed by atoms with Crippen LogP contribution in [0.15, 0.2) is 18.2 Å². The van der Waals surface area contributed by atoms with E-state index >= 15 is 0 Å². The zero-order chi connectivity index (χ0) is 16.4. The Hall–Kier alpha value is -1.57. The standard InChI is InChI=1S/C15H18ClN3O4.ClH/c16-12-1-2-14(13(5-12)19(21)22)23-4-3-15(20)18-8-10-6-17-7-11(10)9-18;/h1-2,5,10-11,17H,3-4,6-9H2;1H/t10-,11+;. The monoisotopic (exact) mass is 375 g/mol. The molecule has 24 heavy (non-hydrogen) atoms. The van der Waals surface area contributed by atoms with Gasteiger partial charge in [0.2, 0.25) is 5.91 Å². The average molecular weight is 376 g/mol. The number of hydrogen-bond acceptors (Lipinski definition) is 5. The summed E-state index contributed by atoms with van der Waals surface area (Å²) in [5, 5.41) is 14.6. The molecular formula is C15H19Cl2N3O4. The fourth-order valence-corrected chi connectivity index (χ4v) is 3.39. The molecule has 0 radical (unpaired) electrons. The Morgan fingerprint density at radius 3 is 2.67 bits per heavy atom. The van der Waals surface area contributed by atoms with Gasteiger partial charge < -0.3 is 15.0 Å². The number of carbonyl (C=O) groups excluding carboxylic acids is 1. The zero-order valence-corrected chi connectivity index (χ0v) is 14.5. The third-order valence-corrected chi connectivity index (χ3v) is 4.67. The fraction of sp³-hybridized carbons (Fsp3) is 0.533. The van der Waals surface area contributed by atoms with E-state index in [4.69, 9.17) is 16.3 Å². The topological polar surface area (TPSA) is 84.7 Å². The molecule has 0 spiro atoms. The molecule has 7 nitrogen and oxygen atoms in total. The van der Waals surface area contributed by atoms with Crippen LogP contribution in [0.3, 0.4) is 0 Å². The Morgan fingerprint density at radius 2 is 2.04 bits per heavy atom. The smallest absolute Gasteiger partial charge is 0.312 e. The fourth-order valence-electron chi connectivity index (χ4n) is 3.22. The van der Waals surface area contributed by atoms with Gasteiger partial charge in [0.1, 0.15) is 0 Å². The van der Waals surface area contributed by atoms with E-state index in [1.807, 2.05) is 4.90 Å². The van der Waals surface area contributed by atoms with Crippen LogP contribution < -0.4 is 10.1 Å². The lowest BCUT2D eigenvalue weighted by molar-refractivity contribution is -0.385. The molecule has 1 N–H and O–H groups in total. The number of hydrogen-bond donors (Lipinski definition) is 1. The molecule has 132 valence electrons. The molecule has 9 heteroatoms. The van der Waals surface area contributed by atoms with Crippen molar-refractivity contribution in [2.45, 2.75) is 6.42 Å². The third-order valence-electron chi connectivity index (χ3n) is 4.43. The van der Waals surface area contributed by atoms with E-state index in [-0.39, 0.29) is 47.8 Å². The maximum absolute atomic E-state index is 12.2. The van der Waals surface area contributed by atoms with Crippen molar-refractivity contribution in [3.63, 3.8) is 0 Å². The van der Waals surface area contributed by atoms with Crippen molar-refractivity contribution in [1.82, 2.24) is 10.2 Å². The van der Waals surface area contributed by atoms with Gasteiger partial charge in [-0.2, -0.15) is 0 Å². The first-order valence-corrected chi connectivity index (χ1v) is 7.97. The van der Waals surface area contributed by atoms with E-state index in [1.165, 1.54) is 18.2 Å². The molecule has 0 unspecified atom stereocenters. The second-order valence-corrected chi connectivity index (χ2v) is 6.38. The predicted molar refractivity (Wildman–Crippen MR) is 91.9 cm³/mol. The Labute approximate surface area is 150 Å². The SMILES string of the molecule is Cl.O=C(CCOc1ccc(Cl)cc1[N+](=O)[O-])N1C[C@H]2CNC[C@H]2C1. The number of nitro groups is 1. The van der Waals surface area contributed by atoms with E-state index in [0.29, 0.717) is 11.8 Å². The zero-order valence-electron chi connectivity index (χ0n) is 12.9. The molecule has 1 aromatic rings. The molecule has 0 aliphatic carbocycles. The van der Waals surface area contributed by atoms with Gasteiger partial charge in [-0.3, -0.25) is 14.9 Å². The minimum atomic E-state index is -0.544. The molecule has 1 amide bonds. The van der Waals surface area contributed by atoms with Gasteiger partial charge in [-0.25, -0.2) is 0 Å². The second-order valence-electron chi connectivity index (χ2n) is 5.94. The summed E-state index contributed by atoms with van der Waals surface area (Å²) in [5.41, 5.74) is -0.188. The molecule has 2 saturated heterocycles. The lowest BCUT2D eigenvalue weighted by atomic mass is 10.0. The summed E-state index contributed by atoms with van der Waals surface area (Å²) in [6, 6.07) is 4.23. The molecule has 2 atom stereocenters. The number of rotatable bonds is 5. The quantitative estimate of drug-likeness (QED) is 0.629. The summed E-state index contributed by atoms with van der Waals surface area (Å²) in [6.07, 6.45) is 0.215. The second kappa shape index (κ2) is 8.00. The average Bonchev–Trinajstić information content (AvgIpc) is 3.09. The van der Waals surface area contributed by atoms with Gasteiger partial charge >= 0.3 is 5.69 Å². The maximum Gasteiger partial charge on any atom is 0.312 e. The van der Waals surface area contributed by atoms with Crippen LogP contribution in [0.5, 0.6) is 5.75 Å². The van der Waals surface area contributed by atoms with Crippen LogP contribution >= 0.6 is 24.0 Å². The first-order valence-electron chi connectivity index (χ1n) is 7.60. The normalized spacial score (nSPS) is 22.0. The number of halogens is 2. The summed E-state index contributed by atoms with van der Waals surface area (Å²) >= 11 is 5.75. The summed E-state index contributed by atoms with van der Waals surface area (Å²) in [6.45, 7) is 3.64. The number of fused-ring (bicyclic) bond motifs is 1. The van der Waals surface area contributed by atoms with Gasteiger partial charge in [0.15, 0.2) is 5.75 Å². The highest BCUT2D eigenvalue weighted by molar-refractivity contribution is 6.30. The number of ether oxygens (including phenoxy) is 1. The Bertz CT molecular complexity index is 617. The van der Waals surface area contributed by atoms with E-state index in [0.717, 1.165) is 26.2 Å². The van der Waals surface area contributed by atoms with Crippen LogP contribution in [0.4, 0.5) is 5.69 Å². The first kappa shape index (κ1) is 18.8. The number of carbonyl (C=O) groups is 1. The Morgan fingerprint density at radius 1 is 1.38 bits per heavy atom. The minimum Gasteiger partial charge on any atom is -0.486 e. The maximum atomic E-state index is 12.2. The van der Waals surface area contributed by atoms with Crippen molar-refractivity contribution in [3.05, 3.63) is 33.3 Å². The third kappa shape index (κ3) is 4.09. The van der Waals surface area contributed by atoms with Crippen molar-refractivity contribution in [2.75, 3.05) is 32.8 Å². The summed E-state index contributed by atoms with van der Waals surface area (Å²) in [4.78, 5) is 24.5. The lowest BCUT2D eigenvalue weighted by Gasteiger charge is -2.17. The van der Waals surface area contributed by atoms with Crippen LogP contribution in [0, 0.1) is 22.0 Å². The summed E-state index contributed by atoms with van der Waals surface area (Å²) in [7, 11) is 0. The van der Waals surface area contributed by atoms with Crippen molar-refractivity contribution in [1.29, 1.82) is 0 Å². The van der Waals surface area contributed by atoms with Crippen molar-refractivity contribution >= 4 is 35.6 Å². The van der Waals surface area contributed by atoms with Gasteiger partial charge in [-0.05, 0) is 24.0 Å². The number of nitro benzene ring substituents is 1. The van der Waals surface area contributed by atoms with Gasteiger partial charge in [-0.1, -0.05) is 11.6 Å². The van der Waals surface area contributed by atoms with E-state index < -0.39 is 4.92 Å². The number of nitrogens with one attached hydrogen (secondary N) is 1. The minimum absolute atomic E-state index is 0. The van der Waals surface area contributed by atoms with E-state index in [2.05, 4.69) is 5.32 Å². The van der Waals surface area contributed by atoms with Crippen LogP contribution in [0.25, 0.3) is 0 Å². The van der Waals surface area contributed by atoms with Crippen molar-refractivity contribution in [3.8, 4) is 5.75 Å². The highest BCUT2D eigenvalue weighted by atomic mass is 35.5. The van der Waals surface area contributed by atoms with Crippen molar-refractivity contribution < 1.29 is 14.5 Å². The van der Waals surface area contributed by atoms with Crippen molar-refractivity contribution in [2.24, 2.45) is 11.8 Å². The lowest BCUT2D eigenvalue weighted by Crippen LogP contribution is -2.32.